The molecule has 1 rings (SSSR count). The molecule has 0 unspecified atom stereocenters. The van der Waals surface area contributed by atoms with E-state index in [0.717, 1.165) is 12.0 Å². The van der Waals surface area contributed by atoms with Gasteiger partial charge in [0, 0.05) is 19.6 Å². The predicted octanol–water partition coefficient (Wildman–Crippen LogP) is 1.20. The molecule has 0 aliphatic rings. The summed E-state index contributed by atoms with van der Waals surface area (Å²) in [6.07, 6.45) is 1.90. The molecule has 0 bridgehead atoms. The van der Waals surface area contributed by atoms with Crippen molar-refractivity contribution < 1.29 is 17.9 Å². The highest BCUT2D eigenvalue weighted by Gasteiger charge is 2.07. The van der Waals surface area contributed by atoms with Crippen LogP contribution in [0.2, 0.25) is 0 Å². The van der Waals surface area contributed by atoms with Crippen LogP contribution in [0, 0.1) is 0 Å². The number of primary sulfonamides is 1. The fourth-order valence-electron chi connectivity index (χ4n) is 1.81. The quantitative estimate of drug-likeness (QED) is 0.665. The molecule has 1 aromatic carbocycles. The third-order valence-corrected chi connectivity index (χ3v) is 3.92. The van der Waals surface area contributed by atoms with Gasteiger partial charge in [0.15, 0.2) is 0 Å². The summed E-state index contributed by atoms with van der Waals surface area (Å²) in [5.41, 5.74) is 0.894. The summed E-state index contributed by atoms with van der Waals surface area (Å²) in [5, 5.41) is 7.85. The van der Waals surface area contributed by atoms with Crippen molar-refractivity contribution in [3.05, 3.63) is 29.8 Å². The standard InChI is InChI=1S/C15H24N2O4S/c1-12(2)21-11-3-10-17-15(18)9-6-13-4-7-14(8-5-13)22(16,19)20/h4-5,7-8,12H,3,6,9-11H2,1-2H3,(H,17,18)(H2,16,19,20). The summed E-state index contributed by atoms with van der Waals surface area (Å²) >= 11 is 0. The number of amides is 1. The van der Waals surface area contributed by atoms with Crippen molar-refractivity contribution in [1.82, 2.24) is 5.32 Å². The van der Waals surface area contributed by atoms with E-state index in [4.69, 9.17) is 9.88 Å². The van der Waals surface area contributed by atoms with E-state index in [0.29, 0.717) is 26.0 Å². The van der Waals surface area contributed by atoms with Gasteiger partial charge < -0.3 is 10.1 Å². The monoisotopic (exact) mass is 328 g/mol. The Balaban J connectivity index is 2.27. The van der Waals surface area contributed by atoms with Crippen molar-refractivity contribution in [3.8, 4) is 0 Å². The Bertz CT molecular complexity index is 568. The van der Waals surface area contributed by atoms with Crippen LogP contribution >= 0.6 is 0 Å². The SMILES string of the molecule is CC(C)OCCCNC(=O)CCc1ccc(S(N)(=O)=O)cc1. The van der Waals surface area contributed by atoms with Crippen molar-refractivity contribution in [3.63, 3.8) is 0 Å². The van der Waals surface area contributed by atoms with Crippen LogP contribution in [0.3, 0.4) is 0 Å². The van der Waals surface area contributed by atoms with Crippen LogP contribution in [0.15, 0.2) is 29.2 Å². The second-order valence-corrected chi connectivity index (χ2v) is 6.87. The smallest absolute Gasteiger partial charge is 0.238 e. The molecule has 1 aromatic rings. The highest BCUT2D eigenvalue weighted by atomic mass is 32.2. The van der Waals surface area contributed by atoms with Crippen molar-refractivity contribution in [1.29, 1.82) is 0 Å². The van der Waals surface area contributed by atoms with Gasteiger partial charge in [-0.3, -0.25) is 4.79 Å². The van der Waals surface area contributed by atoms with Gasteiger partial charge in [-0.2, -0.15) is 0 Å². The van der Waals surface area contributed by atoms with E-state index in [9.17, 15) is 13.2 Å². The van der Waals surface area contributed by atoms with Crippen LogP contribution < -0.4 is 10.5 Å². The largest absolute Gasteiger partial charge is 0.379 e. The van der Waals surface area contributed by atoms with E-state index in [1.54, 1.807) is 12.1 Å². The van der Waals surface area contributed by atoms with E-state index >= 15 is 0 Å². The van der Waals surface area contributed by atoms with E-state index in [1.807, 2.05) is 13.8 Å². The summed E-state index contributed by atoms with van der Waals surface area (Å²) in [7, 11) is -3.67. The Kier molecular flexibility index (Phi) is 7.50. The topological polar surface area (TPSA) is 98.5 Å². The molecule has 0 aliphatic heterocycles. The van der Waals surface area contributed by atoms with Gasteiger partial charge >= 0.3 is 0 Å². The van der Waals surface area contributed by atoms with E-state index < -0.39 is 10.0 Å². The lowest BCUT2D eigenvalue weighted by atomic mass is 10.1. The van der Waals surface area contributed by atoms with Crippen LogP contribution in [-0.4, -0.2) is 33.6 Å². The lowest BCUT2D eigenvalue weighted by molar-refractivity contribution is -0.121. The number of sulfonamides is 1. The fourth-order valence-corrected chi connectivity index (χ4v) is 2.33. The average Bonchev–Trinajstić information content (AvgIpc) is 2.44. The molecule has 0 aromatic heterocycles. The Morgan fingerprint density at radius 1 is 1.27 bits per heavy atom. The number of hydrogen-bond acceptors (Lipinski definition) is 4. The van der Waals surface area contributed by atoms with Crippen molar-refractivity contribution >= 4 is 15.9 Å². The maximum atomic E-state index is 11.7. The maximum absolute atomic E-state index is 11.7. The van der Waals surface area contributed by atoms with Crippen LogP contribution in [0.1, 0.15) is 32.3 Å². The van der Waals surface area contributed by atoms with E-state index in [-0.39, 0.29) is 16.9 Å². The molecule has 1 amide bonds. The van der Waals surface area contributed by atoms with Crippen LogP contribution in [0.4, 0.5) is 0 Å². The van der Waals surface area contributed by atoms with Crippen molar-refractivity contribution in [2.24, 2.45) is 5.14 Å². The maximum Gasteiger partial charge on any atom is 0.238 e. The molecule has 7 heteroatoms. The first-order chi connectivity index (χ1) is 10.3. The van der Waals surface area contributed by atoms with Gasteiger partial charge in [-0.15, -0.1) is 0 Å². The second-order valence-electron chi connectivity index (χ2n) is 5.31. The number of carbonyl (C=O) groups excluding carboxylic acids is 1. The Morgan fingerprint density at radius 2 is 1.91 bits per heavy atom. The molecule has 6 nitrogen and oxygen atoms in total. The average molecular weight is 328 g/mol. The zero-order valence-corrected chi connectivity index (χ0v) is 13.9. The van der Waals surface area contributed by atoms with Gasteiger partial charge in [-0.25, -0.2) is 13.6 Å². The van der Waals surface area contributed by atoms with E-state index in [2.05, 4.69) is 5.32 Å². The summed E-state index contributed by atoms with van der Waals surface area (Å²) in [6, 6.07) is 6.24. The minimum atomic E-state index is -3.67. The molecule has 0 spiro atoms. The zero-order chi connectivity index (χ0) is 16.6. The second kappa shape index (κ2) is 8.87. The summed E-state index contributed by atoms with van der Waals surface area (Å²) in [4.78, 5) is 11.7. The van der Waals surface area contributed by atoms with Gasteiger partial charge in [0.2, 0.25) is 15.9 Å². The molecule has 0 saturated heterocycles. The molecule has 0 aliphatic carbocycles. The van der Waals surface area contributed by atoms with Crippen molar-refractivity contribution in [2.45, 2.75) is 44.1 Å². The summed E-state index contributed by atoms with van der Waals surface area (Å²) in [5.74, 6) is -0.0277. The van der Waals surface area contributed by atoms with E-state index in [1.165, 1.54) is 12.1 Å². The fraction of sp³-hybridized carbons (Fsp3) is 0.533. The van der Waals surface area contributed by atoms with Gasteiger partial charge in [0.25, 0.3) is 0 Å². The van der Waals surface area contributed by atoms with Gasteiger partial charge in [0.05, 0.1) is 11.0 Å². The number of rotatable bonds is 9. The van der Waals surface area contributed by atoms with Gasteiger partial charge in [-0.1, -0.05) is 12.1 Å². The predicted molar refractivity (Wildman–Crippen MR) is 84.9 cm³/mol. The molecule has 3 N–H and O–H groups in total. The molecule has 0 radical (unpaired) electrons. The molecule has 124 valence electrons. The molecule has 0 saturated carbocycles. The Hall–Kier alpha value is -1.44. The minimum Gasteiger partial charge on any atom is -0.379 e. The number of benzene rings is 1. The molecule has 0 heterocycles. The lowest BCUT2D eigenvalue weighted by Crippen LogP contribution is -2.25. The highest BCUT2D eigenvalue weighted by molar-refractivity contribution is 7.89. The molecule has 0 atom stereocenters. The lowest BCUT2D eigenvalue weighted by Gasteiger charge is -2.08. The normalized spacial score (nSPS) is 11.6. The molecule has 0 fully saturated rings. The number of ether oxygens (including phenoxy) is 1. The third kappa shape index (κ3) is 7.53. The van der Waals surface area contributed by atoms with Crippen LogP contribution in [0.5, 0.6) is 0 Å². The molecular weight excluding hydrogens is 304 g/mol. The summed E-state index contributed by atoms with van der Waals surface area (Å²) in [6.45, 7) is 5.17. The number of hydrogen-bond donors (Lipinski definition) is 2. The van der Waals surface area contributed by atoms with Crippen LogP contribution in [-0.2, 0) is 26.0 Å². The first-order valence-corrected chi connectivity index (χ1v) is 8.83. The van der Waals surface area contributed by atoms with Crippen LogP contribution in [0.25, 0.3) is 0 Å². The zero-order valence-electron chi connectivity index (χ0n) is 13.0. The molecular formula is C15H24N2O4S. The third-order valence-electron chi connectivity index (χ3n) is 2.99. The minimum absolute atomic E-state index is 0.0277. The Morgan fingerprint density at radius 3 is 2.45 bits per heavy atom. The number of carbonyl (C=O) groups is 1. The van der Waals surface area contributed by atoms with Gasteiger partial charge in [-0.05, 0) is 44.4 Å². The number of aryl methyl sites for hydroxylation is 1. The number of nitrogens with two attached hydrogens (primary N) is 1. The number of nitrogens with one attached hydrogen (secondary N) is 1. The first kappa shape index (κ1) is 18.6. The highest BCUT2D eigenvalue weighted by Crippen LogP contribution is 2.10. The summed E-state index contributed by atoms with van der Waals surface area (Å²) < 4.78 is 27.6. The first-order valence-electron chi connectivity index (χ1n) is 7.29. The Labute approximate surface area is 132 Å². The molecule has 22 heavy (non-hydrogen) atoms. The van der Waals surface area contributed by atoms with Crippen molar-refractivity contribution in [2.75, 3.05) is 13.2 Å². The van der Waals surface area contributed by atoms with Gasteiger partial charge in [0.1, 0.15) is 0 Å².